The molecule has 0 bridgehead atoms. The smallest absolute Gasteiger partial charge is 0.251 e. The summed E-state index contributed by atoms with van der Waals surface area (Å²) >= 11 is 3.62. The molecule has 0 fully saturated rings. The molecule has 0 radical (unpaired) electrons. The second-order valence-corrected chi connectivity index (χ2v) is 6.05. The van der Waals surface area contributed by atoms with Crippen LogP contribution in [0.1, 0.15) is 27.5 Å². The summed E-state index contributed by atoms with van der Waals surface area (Å²) in [6, 6.07) is 13.6. The Morgan fingerprint density at radius 2 is 1.85 bits per heavy atom. The predicted molar refractivity (Wildman–Crippen MR) is 79.5 cm³/mol. The average Bonchev–Trinajstić information content (AvgIpc) is 2.76. The normalized spacial score (nSPS) is 20.5. The zero-order valence-electron chi connectivity index (χ0n) is 10.6. The van der Waals surface area contributed by atoms with Crippen LogP contribution in [0.5, 0.6) is 0 Å². The molecule has 0 saturated heterocycles. The van der Waals surface area contributed by atoms with E-state index in [0.717, 1.165) is 12.0 Å². The third-order valence-electron chi connectivity index (χ3n) is 3.56. The Morgan fingerprint density at radius 3 is 2.60 bits per heavy atom. The summed E-state index contributed by atoms with van der Waals surface area (Å²) in [4.78, 5) is 12.4. The van der Waals surface area contributed by atoms with E-state index < -0.39 is 0 Å². The highest BCUT2D eigenvalue weighted by Crippen LogP contribution is 2.35. The molecule has 0 aliphatic heterocycles. The first kappa shape index (κ1) is 13.3. The Hall–Kier alpha value is -1.68. The summed E-state index contributed by atoms with van der Waals surface area (Å²) < 4.78 is 12.9. The molecule has 2 aromatic carbocycles. The fourth-order valence-corrected chi connectivity index (χ4v) is 3.31. The van der Waals surface area contributed by atoms with E-state index in [1.807, 2.05) is 18.2 Å². The molecule has 1 aliphatic carbocycles. The van der Waals surface area contributed by atoms with Gasteiger partial charge < -0.3 is 5.32 Å². The lowest BCUT2D eigenvalue weighted by Gasteiger charge is -2.17. The fourth-order valence-electron chi connectivity index (χ4n) is 2.54. The zero-order chi connectivity index (χ0) is 14.1. The highest BCUT2D eigenvalue weighted by atomic mass is 79.9. The van der Waals surface area contributed by atoms with Gasteiger partial charge in [-0.1, -0.05) is 40.2 Å². The van der Waals surface area contributed by atoms with Crippen molar-refractivity contribution in [2.45, 2.75) is 17.3 Å². The van der Waals surface area contributed by atoms with E-state index in [2.05, 4.69) is 27.3 Å². The van der Waals surface area contributed by atoms with Crippen LogP contribution in [0.25, 0.3) is 0 Å². The van der Waals surface area contributed by atoms with Gasteiger partial charge in [0.05, 0.1) is 6.04 Å². The third kappa shape index (κ3) is 2.48. The summed E-state index contributed by atoms with van der Waals surface area (Å²) in [5.74, 6) is -0.526. The maximum Gasteiger partial charge on any atom is 0.251 e. The second kappa shape index (κ2) is 5.37. The van der Waals surface area contributed by atoms with Gasteiger partial charge in [0.2, 0.25) is 0 Å². The predicted octanol–water partition coefficient (Wildman–Crippen LogP) is 3.62. The maximum atomic E-state index is 12.9. The van der Waals surface area contributed by atoms with Gasteiger partial charge in [-0.3, -0.25) is 4.79 Å². The monoisotopic (exact) mass is 333 g/mol. The van der Waals surface area contributed by atoms with E-state index in [1.165, 1.54) is 29.8 Å². The first-order valence-electron chi connectivity index (χ1n) is 6.43. The van der Waals surface area contributed by atoms with E-state index in [-0.39, 0.29) is 22.6 Å². The van der Waals surface area contributed by atoms with Gasteiger partial charge in [-0.25, -0.2) is 4.39 Å². The standard InChI is InChI=1S/C16H13BrFNO/c17-14-9-11-3-1-2-4-13(11)15(14)19-16(20)10-5-7-12(18)8-6-10/h1-8,14-15H,9H2,(H,19,20). The summed E-state index contributed by atoms with van der Waals surface area (Å²) in [7, 11) is 0. The van der Waals surface area contributed by atoms with Gasteiger partial charge in [-0.2, -0.15) is 0 Å². The van der Waals surface area contributed by atoms with Crippen molar-refractivity contribution in [3.63, 3.8) is 0 Å². The number of carbonyl (C=O) groups excluding carboxylic acids is 1. The molecule has 0 spiro atoms. The van der Waals surface area contributed by atoms with Crippen molar-refractivity contribution in [3.8, 4) is 0 Å². The molecule has 2 nitrogen and oxygen atoms in total. The molecular formula is C16H13BrFNO. The van der Waals surface area contributed by atoms with E-state index >= 15 is 0 Å². The van der Waals surface area contributed by atoms with Crippen LogP contribution < -0.4 is 5.32 Å². The SMILES string of the molecule is O=C(NC1c2ccccc2CC1Br)c1ccc(F)cc1. The molecule has 2 aromatic rings. The lowest BCUT2D eigenvalue weighted by molar-refractivity contribution is 0.0938. The van der Waals surface area contributed by atoms with Crippen molar-refractivity contribution < 1.29 is 9.18 Å². The van der Waals surface area contributed by atoms with Crippen molar-refractivity contribution in [2.75, 3.05) is 0 Å². The van der Waals surface area contributed by atoms with Crippen LogP contribution in [0.3, 0.4) is 0 Å². The van der Waals surface area contributed by atoms with Gasteiger partial charge in [0.15, 0.2) is 0 Å². The molecule has 0 saturated carbocycles. The largest absolute Gasteiger partial charge is 0.344 e. The van der Waals surface area contributed by atoms with Gasteiger partial charge in [0.25, 0.3) is 5.91 Å². The van der Waals surface area contributed by atoms with Crippen LogP contribution >= 0.6 is 15.9 Å². The molecule has 0 aromatic heterocycles. The quantitative estimate of drug-likeness (QED) is 0.835. The van der Waals surface area contributed by atoms with E-state index in [9.17, 15) is 9.18 Å². The Labute approximate surface area is 125 Å². The molecule has 20 heavy (non-hydrogen) atoms. The highest BCUT2D eigenvalue weighted by Gasteiger charge is 2.31. The van der Waals surface area contributed by atoms with Crippen molar-refractivity contribution >= 4 is 21.8 Å². The molecule has 1 N–H and O–H groups in total. The molecule has 2 unspecified atom stereocenters. The maximum absolute atomic E-state index is 12.9. The first-order valence-corrected chi connectivity index (χ1v) is 7.35. The number of halogens is 2. The Kier molecular flexibility index (Phi) is 3.57. The van der Waals surface area contributed by atoms with E-state index in [4.69, 9.17) is 0 Å². The highest BCUT2D eigenvalue weighted by molar-refractivity contribution is 9.09. The number of hydrogen-bond donors (Lipinski definition) is 1. The number of carbonyl (C=O) groups is 1. The summed E-state index contributed by atoms with van der Waals surface area (Å²) in [6.45, 7) is 0. The molecule has 2 atom stereocenters. The molecule has 1 aliphatic rings. The number of benzene rings is 2. The van der Waals surface area contributed by atoms with Gasteiger partial charge in [0, 0.05) is 10.4 Å². The van der Waals surface area contributed by atoms with Crippen LogP contribution in [0, 0.1) is 5.82 Å². The molecular weight excluding hydrogens is 321 g/mol. The number of amides is 1. The molecule has 102 valence electrons. The Balaban J connectivity index is 1.81. The summed E-state index contributed by atoms with van der Waals surface area (Å²) in [6.07, 6.45) is 0.893. The van der Waals surface area contributed by atoms with Crippen LogP contribution in [0.2, 0.25) is 0 Å². The van der Waals surface area contributed by atoms with Crippen molar-refractivity contribution in [2.24, 2.45) is 0 Å². The van der Waals surface area contributed by atoms with Crippen LogP contribution in [0.15, 0.2) is 48.5 Å². The fraction of sp³-hybridized carbons (Fsp3) is 0.188. The lowest BCUT2D eigenvalue weighted by atomic mass is 10.1. The average molecular weight is 334 g/mol. The van der Waals surface area contributed by atoms with Gasteiger partial charge in [-0.15, -0.1) is 0 Å². The van der Waals surface area contributed by atoms with Crippen LogP contribution in [-0.2, 0) is 6.42 Å². The summed E-state index contributed by atoms with van der Waals surface area (Å²) in [5, 5.41) is 3.01. The minimum Gasteiger partial charge on any atom is -0.344 e. The van der Waals surface area contributed by atoms with Gasteiger partial charge >= 0.3 is 0 Å². The molecule has 1 amide bonds. The number of fused-ring (bicyclic) bond motifs is 1. The number of alkyl halides is 1. The number of hydrogen-bond acceptors (Lipinski definition) is 1. The van der Waals surface area contributed by atoms with E-state index in [0.29, 0.717) is 5.56 Å². The van der Waals surface area contributed by atoms with Crippen molar-refractivity contribution in [1.82, 2.24) is 5.32 Å². The molecule has 0 heterocycles. The second-order valence-electron chi connectivity index (χ2n) is 4.88. The lowest BCUT2D eigenvalue weighted by Crippen LogP contribution is -2.31. The van der Waals surface area contributed by atoms with Crippen LogP contribution in [-0.4, -0.2) is 10.7 Å². The minimum atomic E-state index is -0.342. The van der Waals surface area contributed by atoms with Gasteiger partial charge in [-0.05, 0) is 41.8 Å². The summed E-state index contributed by atoms with van der Waals surface area (Å²) in [5.41, 5.74) is 2.86. The zero-order valence-corrected chi connectivity index (χ0v) is 12.2. The van der Waals surface area contributed by atoms with Crippen molar-refractivity contribution in [3.05, 3.63) is 71.0 Å². The van der Waals surface area contributed by atoms with Crippen molar-refractivity contribution in [1.29, 1.82) is 0 Å². The molecule has 4 heteroatoms. The van der Waals surface area contributed by atoms with Crippen LogP contribution in [0.4, 0.5) is 4.39 Å². The topological polar surface area (TPSA) is 29.1 Å². The minimum absolute atomic E-state index is 0.0521. The Morgan fingerprint density at radius 1 is 1.15 bits per heavy atom. The number of rotatable bonds is 2. The third-order valence-corrected chi connectivity index (χ3v) is 4.41. The Bertz CT molecular complexity index is 641. The van der Waals surface area contributed by atoms with E-state index in [1.54, 1.807) is 0 Å². The number of nitrogens with one attached hydrogen (secondary N) is 1. The van der Waals surface area contributed by atoms with Gasteiger partial charge in [0.1, 0.15) is 5.82 Å². The molecule has 3 rings (SSSR count). The first-order chi connectivity index (χ1) is 9.65.